The summed E-state index contributed by atoms with van der Waals surface area (Å²) in [5, 5.41) is -0.153. The Kier molecular flexibility index (Phi) is 5.43. The van der Waals surface area contributed by atoms with Gasteiger partial charge in [-0.2, -0.15) is 0 Å². The predicted octanol–water partition coefficient (Wildman–Crippen LogP) is 3.23. The smallest absolute Gasteiger partial charge is 0.247 e. The molecule has 8 heteroatoms. The maximum absolute atomic E-state index is 14.0. The first-order valence-electron chi connectivity index (χ1n) is 6.73. The van der Waals surface area contributed by atoms with E-state index < -0.39 is 24.1 Å². The zero-order valence-corrected chi connectivity index (χ0v) is 16.4. The second-order valence-corrected chi connectivity index (χ2v) is 15.4. The van der Waals surface area contributed by atoms with Crippen molar-refractivity contribution in [2.24, 2.45) is 0 Å². The Morgan fingerprint density at radius 3 is 2.29 bits per heavy atom. The van der Waals surface area contributed by atoms with Crippen LogP contribution < -0.4 is 4.39 Å². The van der Waals surface area contributed by atoms with E-state index in [1.165, 1.54) is 6.07 Å². The Morgan fingerprint density at radius 2 is 1.86 bits per heavy atom. The van der Waals surface area contributed by atoms with Gasteiger partial charge in [-0.05, 0) is 25.2 Å². The lowest BCUT2D eigenvalue weighted by Gasteiger charge is -2.36. The second-order valence-electron chi connectivity index (χ2n) is 7.07. The van der Waals surface area contributed by atoms with Gasteiger partial charge in [-0.25, -0.2) is 17.2 Å². The van der Waals surface area contributed by atoms with Crippen LogP contribution in [0.15, 0.2) is 10.3 Å². The summed E-state index contributed by atoms with van der Waals surface area (Å²) in [6.45, 7) is 10.4. The SMILES string of the molecule is CN(C)Cc1cc(F)c(S(=O)(=O)N[Si](C)(C)C(C)(C)C)s1. The van der Waals surface area contributed by atoms with Crippen LogP contribution in [0.25, 0.3) is 0 Å². The van der Waals surface area contributed by atoms with Crippen LogP contribution in [0, 0.1) is 5.82 Å². The Hall–Kier alpha value is -0.283. The van der Waals surface area contributed by atoms with Gasteiger partial charge in [0.05, 0.1) is 0 Å². The highest BCUT2D eigenvalue weighted by molar-refractivity contribution is 7.93. The van der Waals surface area contributed by atoms with E-state index >= 15 is 0 Å². The standard InChI is InChI=1S/C13H25FN2O2S2Si/c1-13(2,3)21(6,7)15-20(17,18)12-11(14)8-10(19-12)9-16(4)5/h8,15H,9H2,1-7H3. The highest BCUT2D eigenvalue weighted by Crippen LogP contribution is 2.36. The van der Waals surface area contributed by atoms with Gasteiger partial charge < -0.3 is 4.90 Å². The number of rotatable bonds is 5. The first-order valence-corrected chi connectivity index (χ1v) is 12.0. The molecule has 0 saturated carbocycles. The lowest BCUT2D eigenvalue weighted by atomic mass is 10.2. The molecule has 0 aliphatic rings. The number of hydrogen-bond donors (Lipinski definition) is 1. The third-order valence-electron chi connectivity index (χ3n) is 3.69. The third kappa shape index (κ3) is 4.59. The fraction of sp³-hybridized carbons (Fsp3) is 0.692. The number of hydrogen-bond acceptors (Lipinski definition) is 4. The minimum atomic E-state index is -3.81. The second kappa shape index (κ2) is 6.08. The number of nitrogens with one attached hydrogen (secondary N) is 1. The summed E-state index contributed by atoms with van der Waals surface area (Å²) in [6, 6.07) is 1.31. The Labute approximate surface area is 132 Å². The van der Waals surface area contributed by atoms with E-state index in [0.717, 1.165) is 11.3 Å². The summed E-state index contributed by atoms with van der Waals surface area (Å²) < 4.78 is 41.6. The number of nitrogens with zero attached hydrogens (tertiary/aromatic N) is 1. The van der Waals surface area contributed by atoms with Gasteiger partial charge in [0.25, 0.3) is 0 Å². The van der Waals surface area contributed by atoms with Crippen LogP contribution in [0.1, 0.15) is 25.6 Å². The first-order chi connectivity index (χ1) is 9.26. The summed E-state index contributed by atoms with van der Waals surface area (Å²) in [4.78, 5) is 2.58. The van der Waals surface area contributed by atoms with Gasteiger partial charge in [0.1, 0.15) is 8.24 Å². The average molecular weight is 353 g/mol. The highest BCUT2D eigenvalue weighted by atomic mass is 32.2. The maximum atomic E-state index is 14.0. The molecular formula is C13H25FN2O2S2Si. The van der Waals surface area contributed by atoms with Crippen molar-refractivity contribution in [2.45, 2.75) is 49.7 Å². The van der Waals surface area contributed by atoms with Crippen molar-refractivity contribution in [3.05, 3.63) is 16.8 Å². The molecule has 0 bridgehead atoms. The maximum Gasteiger partial charge on any atom is 0.247 e. The molecule has 0 spiro atoms. The number of halogens is 1. The fourth-order valence-corrected chi connectivity index (χ4v) is 8.12. The van der Waals surface area contributed by atoms with E-state index in [1.54, 1.807) is 0 Å². The summed E-state index contributed by atoms with van der Waals surface area (Å²) in [5.41, 5.74) is 0. The molecule has 0 aliphatic carbocycles. The largest absolute Gasteiger partial charge is 0.304 e. The third-order valence-corrected chi connectivity index (χ3v) is 13.0. The van der Waals surface area contributed by atoms with Gasteiger partial charge in [0.2, 0.25) is 10.0 Å². The van der Waals surface area contributed by atoms with E-state index in [9.17, 15) is 12.8 Å². The van der Waals surface area contributed by atoms with Gasteiger partial charge in [-0.15, -0.1) is 11.3 Å². The molecule has 1 rings (SSSR count). The van der Waals surface area contributed by atoms with Crippen molar-refractivity contribution in [1.29, 1.82) is 0 Å². The van der Waals surface area contributed by atoms with Crippen LogP contribution in [0.4, 0.5) is 4.39 Å². The van der Waals surface area contributed by atoms with Crippen molar-refractivity contribution >= 4 is 29.6 Å². The Bertz CT molecular complexity index is 604. The molecule has 0 aromatic carbocycles. The van der Waals surface area contributed by atoms with Crippen LogP contribution in [0.2, 0.25) is 18.1 Å². The lowest BCUT2D eigenvalue weighted by molar-refractivity contribution is 0.406. The van der Waals surface area contributed by atoms with E-state index in [1.807, 2.05) is 52.9 Å². The van der Waals surface area contributed by atoms with E-state index in [-0.39, 0.29) is 9.25 Å². The van der Waals surface area contributed by atoms with Crippen molar-refractivity contribution in [3.8, 4) is 0 Å². The molecule has 0 radical (unpaired) electrons. The number of sulfonamides is 1. The zero-order valence-electron chi connectivity index (χ0n) is 13.7. The molecule has 122 valence electrons. The summed E-state index contributed by atoms with van der Waals surface area (Å²) in [6.07, 6.45) is 0. The van der Waals surface area contributed by atoms with Crippen LogP contribution in [-0.4, -0.2) is 35.6 Å². The van der Waals surface area contributed by atoms with E-state index in [2.05, 4.69) is 4.39 Å². The molecular weight excluding hydrogens is 327 g/mol. The molecule has 1 aromatic heterocycles. The molecule has 4 nitrogen and oxygen atoms in total. The molecule has 0 aliphatic heterocycles. The monoisotopic (exact) mass is 352 g/mol. The lowest BCUT2D eigenvalue weighted by Crippen LogP contribution is -2.54. The van der Waals surface area contributed by atoms with Crippen molar-refractivity contribution in [2.75, 3.05) is 14.1 Å². The molecule has 1 heterocycles. The average Bonchev–Trinajstić information content (AvgIpc) is 2.55. The topological polar surface area (TPSA) is 49.4 Å². The van der Waals surface area contributed by atoms with Crippen LogP contribution >= 0.6 is 11.3 Å². The van der Waals surface area contributed by atoms with E-state index in [4.69, 9.17) is 0 Å². The molecule has 0 amide bonds. The van der Waals surface area contributed by atoms with Crippen LogP contribution in [0.5, 0.6) is 0 Å². The Balaban J connectivity index is 3.12. The molecule has 1 aromatic rings. The van der Waals surface area contributed by atoms with Gasteiger partial charge in [-0.1, -0.05) is 33.9 Å². The van der Waals surface area contributed by atoms with Gasteiger partial charge >= 0.3 is 0 Å². The van der Waals surface area contributed by atoms with Crippen molar-refractivity contribution in [1.82, 2.24) is 9.29 Å². The minimum Gasteiger partial charge on any atom is -0.304 e. The minimum absolute atomic E-state index is 0.153. The molecule has 1 N–H and O–H groups in total. The van der Waals surface area contributed by atoms with Gasteiger partial charge in [0.15, 0.2) is 10.0 Å². The molecule has 0 saturated heterocycles. The summed E-state index contributed by atoms with van der Waals surface area (Å²) in [5.74, 6) is -0.664. The molecule has 21 heavy (non-hydrogen) atoms. The summed E-state index contributed by atoms with van der Waals surface area (Å²) >= 11 is 1.00. The van der Waals surface area contributed by atoms with Gasteiger partial charge in [-0.3, -0.25) is 0 Å². The quantitative estimate of drug-likeness (QED) is 0.828. The first kappa shape index (κ1) is 18.8. The molecule has 0 atom stereocenters. The van der Waals surface area contributed by atoms with Crippen molar-refractivity contribution < 1.29 is 12.8 Å². The molecule has 0 unspecified atom stereocenters. The number of thiophene rings is 1. The highest BCUT2D eigenvalue weighted by Gasteiger charge is 2.40. The predicted molar refractivity (Wildman–Crippen MR) is 89.2 cm³/mol. The van der Waals surface area contributed by atoms with Crippen LogP contribution in [0.3, 0.4) is 0 Å². The van der Waals surface area contributed by atoms with Crippen molar-refractivity contribution in [3.63, 3.8) is 0 Å². The zero-order chi connectivity index (χ0) is 16.6. The van der Waals surface area contributed by atoms with E-state index in [0.29, 0.717) is 11.4 Å². The normalized spacial score (nSPS) is 14.0. The van der Waals surface area contributed by atoms with Gasteiger partial charge in [0, 0.05) is 11.4 Å². The van der Waals surface area contributed by atoms with Crippen LogP contribution in [-0.2, 0) is 16.6 Å². The fourth-order valence-electron chi connectivity index (χ4n) is 1.51. The molecule has 0 fully saturated rings. The summed E-state index contributed by atoms with van der Waals surface area (Å²) in [7, 11) is -2.37. The Morgan fingerprint density at radius 1 is 1.33 bits per heavy atom.